The van der Waals surface area contributed by atoms with Gasteiger partial charge in [0.05, 0.1) is 10.6 Å². The maximum atomic E-state index is 11.9. The second-order valence-electron chi connectivity index (χ2n) is 5.29. The van der Waals surface area contributed by atoms with Gasteiger partial charge in [-0.3, -0.25) is 9.59 Å². The van der Waals surface area contributed by atoms with Gasteiger partial charge in [0.1, 0.15) is 0 Å². The summed E-state index contributed by atoms with van der Waals surface area (Å²) in [6.07, 6.45) is 4.83. The van der Waals surface area contributed by atoms with E-state index in [2.05, 4.69) is 10.6 Å². The Bertz CT molecular complexity index is 528. The molecule has 2 rings (SSSR count). The van der Waals surface area contributed by atoms with Gasteiger partial charge in [-0.2, -0.15) is 0 Å². The van der Waals surface area contributed by atoms with E-state index >= 15 is 0 Å². The summed E-state index contributed by atoms with van der Waals surface area (Å²) in [6, 6.07) is 5.14. The monoisotopic (exact) mass is 309 g/mol. The van der Waals surface area contributed by atoms with E-state index in [1.807, 2.05) is 0 Å². The quantitative estimate of drug-likeness (QED) is 0.780. The van der Waals surface area contributed by atoms with Crippen molar-refractivity contribution in [2.24, 2.45) is 5.73 Å². The summed E-state index contributed by atoms with van der Waals surface area (Å²) in [4.78, 5) is 23.1. The Morgan fingerprint density at radius 2 is 2.19 bits per heavy atom. The van der Waals surface area contributed by atoms with E-state index in [1.165, 1.54) is 18.9 Å². The van der Waals surface area contributed by atoms with Crippen LogP contribution >= 0.6 is 11.6 Å². The number of piperidine rings is 1. The molecule has 1 aromatic rings. The van der Waals surface area contributed by atoms with Crippen molar-refractivity contribution in [3.8, 4) is 0 Å². The van der Waals surface area contributed by atoms with Crippen molar-refractivity contribution in [3.63, 3.8) is 0 Å². The van der Waals surface area contributed by atoms with Gasteiger partial charge in [0.2, 0.25) is 11.8 Å². The topological polar surface area (TPSA) is 84.2 Å². The molecule has 4 N–H and O–H groups in total. The highest BCUT2D eigenvalue weighted by Gasteiger charge is 2.14. The van der Waals surface area contributed by atoms with Crippen LogP contribution in [0.1, 0.15) is 42.5 Å². The summed E-state index contributed by atoms with van der Waals surface area (Å²) in [5.41, 5.74) is 5.97. The van der Waals surface area contributed by atoms with Crippen LogP contribution in [0.2, 0.25) is 5.02 Å². The third-order valence-corrected chi connectivity index (χ3v) is 3.98. The Labute approximate surface area is 129 Å². The van der Waals surface area contributed by atoms with Gasteiger partial charge < -0.3 is 16.4 Å². The summed E-state index contributed by atoms with van der Waals surface area (Å²) >= 11 is 5.87. The van der Waals surface area contributed by atoms with Crippen molar-refractivity contribution >= 4 is 29.1 Å². The summed E-state index contributed by atoms with van der Waals surface area (Å²) < 4.78 is 0. The first-order valence-electron chi connectivity index (χ1n) is 7.19. The molecule has 1 heterocycles. The van der Waals surface area contributed by atoms with Gasteiger partial charge >= 0.3 is 0 Å². The van der Waals surface area contributed by atoms with Crippen LogP contribution in [-0.2, 0) is 4.79 Å². The fraction of sp³-hybridized carbons (Fsp3) is 0.467. The molecule has 1 atom stereocenters. The fourth-order valence-corrected chi connectivity index (χ4v) is 2.70. The van der Waals surface area contributed by atoms with E-state index in [0.29, 0.717) is 18.2 Å². The maximum Gasteiger partial charge on any atom is 0.250 e. The van der Waals surface area contributed by atoms with E-state index in [9.17, 15) is 9.59 Å². The van der Waals surface area contributed by atoms with E-state index in [0.717, 1.165) is 19.4 Å². The van der Waals surface area contributed by atoms with Gasteiger partial charge in [0.25, 0.3) is 0 Å². The number of halogens is 1. The lowest BCUT2D eigenvalue weighted by atomic mass is 10.0. The van der Waals surface area contributed by atoms with Crippen LogP contribution < -0.4 is 16.4 Å². The van der Waals surface area contributed by atoms with Crippen LogP contribution in [0, 0.1) is 0 Å². The molecule has 2 amide bonds. The zero-order valence-electron chi connectivity index (χ0n) is 11.8. The number of hydrogen-bond acceptors (Lipinski definition) is 3. The van der Waals surface area contributed by atoms with Gasteiger partial charge in [0, 0.05) is 18.2 Å². The minimum atomic E-state index is -0.609. The number of carbonyl (C=O) groups excluding carboxylic acids is 2. The largest absolute Gasteiger partial charge is 0.366 e. The third-order valence-electron chi connectivity index (χ3n) is 3.65. The van der Waals surface area contributed by atoms with Crippen LogP contribution in [0.4, 0.5) is 5.69 Å². The molecule has 1 unspecified atom stereocenters. The molecule has 1 aliphatic heterocycles. The molecule has 6 heteroatoms. The molecular formula is C15H20ClN3O2. The predicted octanol–water partition coefficient (Wildman–Crippen LogP) is 2.30. The summed E-state index contributed by atoms with van der Waals surface area (Å²) in [5, 5.41) is 6.47. The molecule has 1 fully saturated rings. The lowest BCUT2D eigenvalue weighted by Gasteiger charge is -2.23. The number of amides is 2. The van der Waals surface area contributed by atoms with Crippen molar-refractivity contribution < 1.29 is 9.59 Å². The Kier molecular flexibility index (Phi) is 5.59. The summed E-state index contributed by atoms with van der Waals surface area (Å²) in [5.74, 6) is -0.678. The molecule has 0 aliphatic carbocycles. The van der Waals surface area contributed by atoms with Crippen molar-refractivity contribution in [2.75, 3.05) is 11.9 Å². The third kappa shape index (κ3) is 4.72. The number of nitrogens with two attached hydrogens (primary N) is 1. The molecule has 0 saturated carbocycles. The van der Waals surface area contributed by atoms with Crippen molar-refractivity contribution in [3.05, 3.63) is 28.8 Å². The molecule has 0 spiro atoms. The number of hydrogen-bond donors (Lipinski definition) is 3. The van der Waals surface area contributed by atoms with Gasteiger partial charge in [-0.1, -0.05) is 18.0 Å². The highest BCUT2D eigenvalue weighted by Crippen LogP contribution is 2.20. The minimum absolute atomic E-state index is 0.0693. The first-order valence-corrected chi connectivity index (χ1v) is 7.56. The van der Waals surface area contributed by atoms with Crippen LogP contribution in [0.15, 0.2) is 18.2 Å². The van der Waals surface area contributed by atoms with Gasteiger partial charge in [-0.25, -0.2) is 0 Å². The Balaban J connectivity index is 1.87. The first-order chi connectivity index (χ1) is 10.1. The van der Waals surface area contributed by atoms with Crippen molar-refractivity contribution in [2.45, 2.75) is 38.1 Å². The fourth-order valence-electron chi connectivity index (χ4n) is 2.49. The van der Waals surface area contributed by atoms with Gasteiger partial charge in [-0.05, 0) is 44.0 Å². The number of benzene rings is 1. The standard InChI is InChI=1S/C15H20ClN3O2/c16-13-6-4-11(9-12(13)15(17)21)19-14(20)7-5-10-3-1-2-8-18-10/h4,6,9-10,18H,1-3,5,7-8H2,(H2,17,21)(H,19,20). The van der Waals surface area contributed by atoms with Crippen molar-refractivity contribution in [1.29, 1.82) is 0 Å². The van der Waals surface area contributed by atoms with E-state index in [4.69, 9.17) is 17.3 Å². The number of anilines is 1. The first kappa shape index (κ1) is 15.8. The highest BCUT2D eigenvalue weighted by molar-refractivity contribution is 6.33. The minimum Gasteiger partial charge on any atom is -0.366 e. The van der Waals surface area contributed by atoms with E-state index in [-0.39, 0.29) is 16.5 Å². The van der Waals surface area contributed by atoms with E-state index < -0.39 is 5.91 Å². The van der Waals surface area contributed by atoms with Crippen LogP contribution in [0.5, 0.6) is 0 Å². The average molecular weight is 310 g/mol. The highest BCUT2D eigenvalue weighted by atomic mass is 35.5. The predicted molar refractivity (Wildman–Crippen MR) is 83.5 cm³/mol. The number of rotatable bonds is 5. The molecule has 0 aromatic heterocycles. The Morgan fingerprint density at radius 1 is 1.38 bits per heavy atom. The number of carbonyl (C=O) groups is 2. The second-order valence-corrected chi connectivity index (χ2v) is 5.70. The summed E-state index contributed by atoms with van der Waals surface area (Å²) in [7, 11) is 0. The van der Waals surface area contributed by atoms with Gasteiger partial charge in [0.15, 0.2) is 0 Å². The Morgan fingerprint density at radius 3 is 2.86 bits per heavy atom. The van der Waals surface area contributed by atoms with Gasteiger partial charge in [-0.15, -0.1) is 0 Å². The molecule has 5 nitrogen and oxygen atoms in total. The average Bonchev–Trinajstić information content (AvgIpc) is 2.48. The number of primary amides is 1. The van der Waals surface area contributed by atoms with Crippen LogP contribution in [-0.4, -0.2) is 24.4 Å². The molecule has 114 valence electrons. The normalized spacial score (nSPS) is 18.2. The van der Waals surface area contributed by atoms with Crippen LogP contribution in [0.25, 0.3) is 0 Å². The molecule has 1 aliphatic rings. The smallest absolute Gasteiger partial charge is 0.250 e. The second kappa shape index (κ2) is 7.43. The SMILES string of the molecule is NC(=O)c1cc(NC(=O)CCC2CCCCN2)ccc1Cl. The van der Waals surface area contributed by atoms with Crippen LogP contribution in [0.3, 0.4) is 0 Å². The molecule has 21 heavy (non-hydrogen) atoms. The Hall–Kier alpha value is -1.59. The molecular weight excluding hydrogens is 290 g/mol. The number of nitrogens with one attached hydrogen (secondary N) is 2. The maximum absolute atomic E-state index is 11.9. The zero-order valence-corrected chi connectivity index (χ0v) is 12.6. The molecule has 1 aromatic carbocycles. The molecule has 0 bridgehead atoms. The van der Waals surface area contributed by atoms with Crippen molar-refractivity contribution in [1.82, 2.24) is 5.32 Å². The van der Waals surface area contributed by atoms with E-state index in [1.54, 1.807) is 12.1 Å². The zero-order chi connectivity index (χ0) is 15.2. The molecule has 1 saturated heterocycles. The summed E-state index contributed by atoms with van der Waals surface area (Å²) in [6.45, 7) is 1.03. The molecule has 0 radical (unpaired) electrons. The lowest BCUT2D eigenvalue weighted by Crippen LogP contribution is -2.34. The lowest BCUT2D eigenvalue weighted by molar-refractivity contribution is -0.116.